The first kappa shape index (κ1) is 11.3. The topological polar surface area (TPSA) is 15.3 Å². The number of likely N-dealkylation sites (tertiary alicyclic amines) is 1. The summed E-state index contributed by atoms with van der Waals surface area (Å²) in [4.78, 5) is 2.44. The van der Waals surface area contributed by atoms with Crippen LogP contribution in [-0.4, -0.2) is 43.9 Å². The highest BCUT2D eigenvalue weighted by Crippen LogP contribution is 2.20. The maximum atomic E-state index is 4.30. The Hall–Kier alpha value is 0.270. The minimum Gasteiger partial charge on any atom is -0.317 e. The number of nitrogens with zero attached hydrogens (tertiary/aromatic N) is 1. The SMILES string of the molecule is CNC(CCS)C1CCCN(C)C1. The summed E-state index contributed by atoms with van der Waals surface area (Å²) in [5, 5.41) is 3.42. The van der Waals surface area contributed by atoms with E-state index in [1.165, 1.54) is 32.4 Å². The summed E-state index contributed by atoms with van der Waals surface area (Å²) in [5.41, 5.74) is 0. The smallest absolute Gasteiger partial charge is 0.0112 e. The predicted octanol–water partition coefficient (Wildman–Crippen LogP) is 1.24. The molecule has 1 rings (SSSR count). The van der Waals surface area contributed by atoms with Crippen LogP contribution in [0.5, 0.6) is 0 Å². The first-order valence-corrected chi connectivity index (χ1v) is 5.88. The van der Waals surface area contributed by atoms with Gasteiger partial charge < -0.3 is 10.2 Å². The summed E-state index contributed by atoms with van der Waals surface area (Å²) in [7, 11) is 4.29. The van der Waals surface area contributed by atoms with Crippen molar-refractivity contribution in [2.45, 2.75) is 25.3 Å². The average Bonchev–Trinajstić information content (AvgIpc) is 2.14. The number of nitrogens with one attached hydrogen (secondary N) is 1. The van der Waals surface area contributed by atoms with E-state index in [9.17, 15) is 0 Å². The molecule has 78 valence electrons. The number of piperidine rings is 1. The van der Waals surface area contributed by atoms with Gasteiger partial charge >= 0.3 is 0 Å². The van der Waals surface area contributed by atoms with Crippen molar-refractivity contribution in [3.05, 3.63) is 0 Å². The van der Waals surface area contributed by atoms with Crippen LogP contribution < -0.4 is 5.32 Å². The van der Waals surface area contributed by atoms with Gasteiger partial charge in [0.05, 0.1) is 0 Å². The lowest BCUT2D eigenvalue weighted by Gasteiger charge is -2.34. The molecule has 2 nitrogen and oxygen atoms in total. The summed E-state index contributed by atoms with van der Waals surface area (Å²) >= 11 is 4.30. The molecule has 1 saturated heterocycles. The van der Waals surface area contributed by atoms with Gasteiger partial charge in [-0.2, -0.15) is 12.6 Å². The van der Waals surface area contributed by atoms with Crippen molar-refractivity contribution in [3.63, 3.8) is 0 Å². The fourth-order valence-corrected chi connectivity index (χ4v) is 2.57. The predicted molar refractivity (Wildman–Crippen MR) is 61.5 cm³/mol. The van der Waals surface area contributed by atoms with Crippen LogP contribution in [0.4, 0.5) is 0 Å². The Morgan fingerprint density at radius 2 is 2.38 bits per heavy atom. The molecule has 0 spiro atoms. The van der Waals surface area contributed by atoms with E-state index < -0.39 is 0 Å². The fraction of sp³-hybridized carbons (Fsp3) is 1.00. The molecule has 1 heterocycles. The molecule has 13 heavy (non-hydrogen) atoms. The minimum absolute atomic E-state index is 0.667. The van der Waals surface area contributed by atoms with Crippen LogP contribution in [0.1, 0.15) is 19.3 Å². The van der Waals surface area contributed by atoms with Gasteiger partial charge in [-0.25, -0.2) is 0 Å². The van der Waals surface area contributed by atoms with Gasteiger partial charge in [0, 0.05) is 12.6 Å². The zero-order chi connectivity index (χ0) is 9.68. The third-order valence-corrected chi connectivity index (χ3v) is 3.30. The molecule has 0 aliphatic carbocycles. The van der Waals surface area contributed by atoms with E-state index in [2.05, 4.69) is 36.9 Å². The fourth-order valence-electron chi connectivity index (χ4n) is 2.29. The highest BCUT2D eigenvalue weighted by Gasteiger charge is 2.23. The molecule has 0 bridgehead atoms. The van der Waals surface area contributed by atoms with E-state index in [4.69, 9.17) is 0 Å². The van der Waals surface area contributed by atoms with Gasteiger partial charge in [0.25, 0.3) is 0 Å². The molecule has 0 aromatic rings. The Morgan fingerprint density at radius 1 is 1.62 bits per heavy atom. The van der Waals surface area contributed by atoms with E-state index in [-0.39, 0.29) is 0 Å². The zero-order valence-electron chi connectivity index (χ0n) is 8.79. The quantitative estimate of drug-likeness (QED) is 0.667. The maximum absolute atomic E-state index is 4.30. The first-order valence-electron chi connectivity index (χ1n) is 5.24. The number of hydrogen-bond donors (Lipinski definition) is 2. The Bertz CT molecular complexity index is 141. The Balaban J connectivity index is 2.37. The third kappa shape index (κ3) is 3.49. The normalized spacial score (nSPS) is 27.5. The van der Waals surface area contributed by atoms with Crippen LogP contribution >= 0.6 is 12.6 Å². The molecule has 1 aliphatic heterocycles. The van der Waals surface area contributed by atoms with Crippen molar-refractivity contribution in [1.29, 1.82) is 0 Å². The van der Waals surface area contributed by atoms with Gasteiger partial charge in [0.15, 0.2) is 0 Å². The van der Waals surface area contributed by atoms with Gasteiger partial charge in [-0.1, -0.05) is 0 Å². The Morgan fingerprint density at radius 3 is 2.92 bits per heavy atom. The van der Waals surface area contributed by atoms with Crippen LogP contribution in [0.25, 0.3) is 0 Å². The van der Waals surface area contributed by atoms with Gasteiger partial charge in [-0.15, -0.1) is 0 Å². The van der Waals surface area contributed by atoms with Crippen molar-refractivity contribution in [1.82, 2.24) is 10.2 Å². The molecule has 0 radical (unpaired) electrons. The molecule has 0 saturated carbocycles. The van der Waals surface area contributed by atoms with E-state index in [1.807, 2.05) is 0 Å². The second-order valence-electron chi connectivity index (χ2n) is 4.07. The van der Waals surface area contributed by atoms with Gasteiger partial charge in [-0.05, 0) is 51.6 Å². The van der Waals surface area contributed by atoms with Crippen LogP contribution in [0, 0.1) is 5.92 Å². The van der Waals surface area contributed by atoms with Crippen LogP contribution in [-0.2, 0) is 0 Å². The van der Waals surface area contributed by atoms with Gasteiger partial charge in [-0.3, -0.25) is 0 Å². The van der Waals surface area contributed by atoms with Crippen molar-refractivity contribution in [2.24, 2.45) is 5.92 Å². The highest BCUT2D eigenvalue weighted by atomic mass is 32.1. The lowest BCUT2D eigenvalue weighted by molar-refractivity contribution is 0.175. The summed E-state index contributed by atoms with van der Waals surface area (Å²) in [5.74, 6) is 1.82. The lowest BCUT2D eigenvalue weighted by atomic mass is 9.89. The summed E-state index contributed by atoms with van der Waals surface area (Å²) in [6.45, 7) is 2.52. The largest absolute Gasteiger partial charge is 0.317 e. The second kappa shape index (κ2) is 5.89. The third-order valence-electron chi connectivity index (χ3n) is 3.04. The molecular weight excluding hydrogens is 180 g/mol. The monoisotopic (exact) mass is 202 g/mol. The summed E-state index contributed by atoms with van der Waals surface area (Å²) in [6, 6.07) is 0.667. The average molecular weight is 202 g/mol. The van der Waals surface area contributed by atoms with Gasteiger partial charge in [0.1, 0.15) is 0 Å². The van der Waals surface area contributed by atoms with Crippen molar-refractivity contribution in [2.75, 3.05) is 32.9 Å². The molecule has 1 fully saturated rings. The Labute approximate surface area is 87.5 Å². The number of thiol groups is 1. The lowest BCUT2D eigenvalue weighted by Crippen LogP contribution is -2.43. The van der Waals surface area contributed by atoms with Crippen LogP contribution in [0.2, 0.25) is 0 Å². The van der Waals surface area contributed by atoms with E-state index in [1.54, 1.807) is 0 Å². The van der Waals surface area contributed by atoms with Crippen LogP contribution in [0.3, 0.4) is 0 Å². The molecule has 0 amide bonds. The van der Waals surface area contributed by atoms with E-state index in [0.717, 1.165) is 11.7 Å². The second-order valence-corrected chi connectivity index (χ2v) is 4.52. The number of rotatable bonds is 4. The molecule has 3 heteroatoms. The van der Waals surface area contributed by atoms with Crippen molar-refractivity contribution < 1.29 is 0 Å². The summed E-state index contributed by atoms with van der Waals surface area (Å²) < 4.78 is 0. The highest BCUT2D eigenvalue weighted by molar-refractivity contribution is 7.80. The molecule has 2 unspecified atom stereocenters. The summed E-state index contributed by atoms with van der Waals surface area (Å²) in [6.07, 6.45) is 3.92. The maximum Gasteiger partial charge on any atom is 0.0112 e. The van der Waals surface area contributed by atoms with E-state index in [0.29, 0.717) is 6.04 Å². The molecule has 1 aliphatic rings. The zero-order valence-corrected chi connectivity index (χ0v) is 9.69. The molecule has 1 N–H and O–H groups in total. The standard InChI is InChI=1S/C10H22N2S/c1-11-10(5-7-13)9-4-3-6-12(2)8-9/h9-11,13H,3-8H2,1-2H3. The minimum atomic E-state index is 0.667. The number of hydrogen-bond acceptors (Lipinski definition) is 3. The van der Waals surface area contributed by atoms with Crippen LogP contribution in [0.15, 0.2) is 0 Å². The molecule has 0 aromatic heterocycles. The first-order chi connectivity index (χ1) is 6.27. The van der Waals surface area contributed by atoms with Crippen molar-refractivity contribution >= 4 is 12.6 Å². The van der Waals surface area contributed by atoms with Crippen molar-refractivity contribution in [3.8, 4) is 0 Å². The Kier molecular flexibility index (Phi) is 5.14. The molecule has 0 aromatic carbocycles. The van der Waals surface area contributed by atoms with Gasteiger partial charge in [0.2, 0.25) is 0 Å². The molecular formula is C10H22N2S. The van der Waals surface area contributed by atoms with E-state index >= 15 is 0 Å². The molecule has 2 atom stereocenters.